The SMILES string of the molecule is O=C(O)Cn1/c(=N/C(=O)c2ccccc2Cl)sc2ccccc21. The van der Waals surface area contributed by atoms with Gasteiger partial charge < -0.3 is 9.67 Å². The summed E-state index contributed by atoms with van der Waals surface area (Å²) in [6, 6.07) is 13.9. The van der Waals surface area contributed by atoms with Crippen LogP contribution in [0.15, 0.2) is 53.5 Å². The number of hydrogen-bond donors (Lipinski definition) is 1. The minimum atomic E-state index is -1.000. The minimum Gasteiger partial charge on any atom is -0.480 e. The lowest BCUT2D eigenvalue weighted by Crippen LogP contribution is -2.21. The molecule has 0 aliphatic rings. The summed E-state index contributed by atoms with van der Waals surface area (Å²) < 4.78 is 2.37. The number of carbonyl (C=O) groups excluding carboxylic acids is 1. The largest absolute Gasteiger partial charge is 0.480 e. The van der Waals surface area contributed by atoms with E-state index >= 15 is 0 Å². The molecule has 23 heavy (non-hydrogen) atoms. The van der Waals surface area contributed by atoms with E-state index in [4.69, 9.17) is 16.7 Å². The van der Waals surface area contributed by atoms with E-state index in [0.717, 1.165) is 10.2 Å². The van der Waals surface area contributed by atoms with Gasteiger partial charge in [-0.15, -0.1) is 0 Å². The van der Waals surface area contributed by atoms with Gasteiger partial charge in [-0.3, -0.25) is 9.59 Å². The number of carboxylic acid groups (broad SMARTS) is 1. The molecule has 0 aliphatic carbocycles. The van der Waals surface area contributed by atoms with Crippen LogP contribution in [-0.2, 0) is 11.3 Å². The van der Waals surface area contributed by atoms with E-state index in [9.17, 15) is 9.59 Å². The van der Waals surface area contributed by atoms with E-state index in [-0.39, 0.29) is 12.1 Å². The molecule has 0 aliphatic heterocycles. The van der Waals surface area contributed by atoms with Crippen LogP contribution in [0.3, 0.4) is 0 Å². The van der Waals surface area contributed by atoms with E-state index in [0.29, 0.717) is 9.82 Å². The van der Waals surface area contributed by atoms with E-state index in [2.05, 4.69) is 4.99 Å². The van der Waals surface area contributed by atoms with Crippen LogP contribution in [0.2, 0.25) is 5.02 Å². The predicted octanol–water partition coefficient (Wildman–Crippen LogP) is 3.18. The molecule has 3 aromatic rings. The van der Waals surface area contributed by atoms with Crippen molar-refractivity contribution in [3.8, 4) is 0 Å². The standard InChI is InChI=1S/C16H11ClN2O3S/c17-11-6-2-1-5-10(11)15(22)18-16-19(9-14(20)21)12-7-3-4-8-13(12)23-16/h1-8H,9H2,(H,20,21)/b18-16-. The molecule has 0 fully saturated rings. The Labute approximate surface area is 140 Å². The van der Waals surface area contributed by atoms with Gasteiger partial charge in [0.1, 0.15) is 6.54 Å². The van der Waals surface area contributed by atoms with Gasteiger partial charge in [0.15, 0.2) is 4.80 Å². The Morgan fingerprint density at radius 1 is 1.13 bits per heavy atom. The molecule has 0 spiro atoms. The highest BCUT2D eigenvalue weighted by Crippen LogP contribution is 2.18. The van der Waals surface area contributed by atoms with E-state index < -0.39 is 11.9 Å². The number of rotatable bonds is 3. The van der Waals surface area contributed by atoms with E-state index in [1.807, 2.05) is 18.2 Å². The lowest BCUT2D eigenvalue weighted by molar-refractivity contribution is -0.137. The van der Waals surface area contributed by atoms with Crippen molar-refractivity contribution in [1.82, 2.24) is 4.57 Å². The number of para-hydroxylation sites is 1. The van der Waals surface area contributed by atoms with Crippen LogP contribution in [0.5, 0.6) is 0 Å². The fraction of sp³-hybridized carbons (Fsp3) is 0.0625. The Hall–Kier alpha value is -2.44. The number of carboxylic acids is 1. The van der Waals surface area contributed by atoms with Crippen molar-refractivity contribution in [1.29, 1.82) is 0 Å². The second-order valence-corrected chi connectivity index (χ2v) is 6.15. The molecule has 5 nitrogen and oxygen atoms in total. The Kier molecular flexibility index (Phi) is 4.27. The summed E-state index contributed by atoms with van der Waals surface area (Å²) in [7, 11) is 0. The number of thiazole rings is 1. The fourth-order valence-electron chi connectivity index (χ4n) is 2.18. The monoisotopic (exact) mass is 346 g/mol. The molecule has 1 aromatic heterocycles. The second kappa shape index (κ2) is 6.36. The zero-order valence-corrected chi connectivity index (χ0v) is 13.3. The number of halogens is 1. The third-order valence-corrected chi connectivity index (χ3v) is 4.57. The van der Waals surface area contributed by atoms with Crippen molar-refractivity contribution in [2.45, 2.75) is 6.54 Å². The van der Waals surface area contributed by atoms with Gasteiger partial charge in [0.25, 0.3) is 5.91 Å². The van der Waals surface area contributed by atoms with E-state index in [1.54, 1.807) is 30.3 Å². The Bertz CT molecular complexity index is 975. The third-order valence-electron chi connectivity index (χ3n) is 3.18. The Morgan fingerprint density at radius 2 is 1.83 bits per heavy atom. The normalized spacial score (nSPS) is 11.8. The quantitative estimate of drug-likeness (QED) is 0.791. The summed E-state index contributed by atoms with van der Waals surface area (Å²) in [4.78, 5) is 27.9. The van der Waals surface area contributed by atoms with Gasteiger partial charge in [0.2, 0.25) is 0 Å². The van der Waals surface area contributed by atoms with Gasteiger partial charge in [-0.1, -0.05) is 47.2 Å². The van der Waals surface area contributed by atoms with Crippen molar-refractivity contribution < 1.29 is 14.7 Å². The van der Waals surface area contributed by atoms with Crippen molar-refractivity contribution in [2.24, 2.45) is 4.99 Å². The molecule has 0 unspecified atom stereocenters. The molecule has 0 bridgehead atoms. The molecule has 7 heteroatoms. The average Bonchev–Trinajstić information content (AvgIpc) is 2.85. The number of hydrogen-bond acceptors (Lipinski definition) is 3. The molecule has 0 radical (unpaired) electrons. The van der Waals surface area contributed by atoms with Crippen molar-refractivity contribution in [2.75, 3.05) is 0 Å². The van der Waals surface area contributed by atoms with Gasteiger partial charge in [0, 0.05) is 0 Å². The molecule has 1 N–H and O–H groups in total. The highest BCUT2D eigenvalue weighted by molar-refractivity contribution is 7.16. The molecule has 1 amide bonds. The Morgan fingerprint density at radius 3 is 2.57 bits per heavy atom. The number of aliphatic carboxylic acids is 1. The predicted molar refractivity (Wildman–Crippen MR) is 88.8 cm³/mol. The second-order valence-electron chi connectivity index (χ2n) is 4.73. The lowest BCUT2D eigenvalue weighted by atomic mass is 10.2. The third kappa shape index (κ3) is 3.18. The molecular weight excluding hydrogens is 336 g/mol. The van der Waals surface area contributed by atoms with Gasteiger partial charge in [-0.2, -0.15) is 4.99 Å². The molecule has 1 heterocycles. The number of benzene rings is 2. The molecule has 2 aromatic carbocycles. The zero-order chi connectivity index (χ0) is 16.4. The molecular formula is C16H11ClN2O3S. The summed E-state index contributed by atoms with van der Waals surface area (Å²) in [6.45, 7) is -0.265. The molecule has 116 valence electrons. The minimum absolute atomic E-state index is 0.265. The summed E-state index contributed by atoms with van der Waals surface area (Å²) in [5, 5.41) is 9.41. The van der Waals surface area contributed by atoms with Crippen LogP contribution in [-0.4, -0.2) is 21.6 Å². The first-order valence-electron chi connectivity index (χ1n) is 6.70. The highest BCUT2D eigenvalue weighted by Gasteiger charge is 2.12. The smallest absolute Gasteiger partial charge is 0.323 e. The van der Waals surface area contributed by atoms with Crippen LogP contribution in [0, 0.1) is 0 Å². The lowest BCUT2D eigenvalue weighted by Gasteiger charge is -2.01. The van der Waals surface area contributed by atoms with Crippen LogP contribution >= 0.6 is 22.9 Å². The maximum Gasteiger partial charge on any atom is 0.323 e. The fourth-order valence-corrected chi connectivity index (χ4v) is 3.42. The first-order valence-corrected chi connectivity index (χ1v) is 7.89. The van der Waals surface area contributed by atoms with Crippen LogP contribution in [0.4, 0.5) is 0 Å². The summed E-state index contributed by atoms with van der Waals surface area (Å²) >= 11 is 7.27. The first-order chi connectivity index (χ1) is 11.1. The van der Waals surface area contributed by atoms with Gasteiger partial charge in [-0.05, 0) is 24.3 Å². The Balaban J connectivity index is 2.17. The van der Waals surface area contributed by atoms with Gasteiger partial charge in [0.05, 0.1) is 20.8 Å². The maximum absolute atomic E-state index is 12.3. The van der Waals surface area contributed by atoms with Crippen LogP contribution < -0.4 is 4.80 Å². The topological polar surface area (TPSA) is 71.7 Å². The maximum atomic E-state index is 12.3. The first kappa shape index (κ1) is 15.5. The number of aromatic nitrogens is 1. The summed E-state index contributed by atoms with van der Waals surface area (Å²) in [6.07, 6.45) is 0. The highest BCUT2D eigenvalue weighted by atomic mass is 35.5. The van der Waals surface area contributed by atoms with Crippen molar-refractivity contribution >= 4 is 45.0 Å². The number of carbonyl (C=O) groups is 2. The molecule has 0 saturated carbocycles. The van der Waals surface area contributed by atoms with Crippen molar-refractivity contribution in [3.63, 3.8) is 0 Å². The van der Waals surface area contributed by atoms with E-state index in [1.165, 1.54) is 15.9 Å². The molecule has 3 rings (SSSR count). The average molecular weight is 347 g/mol. The molecule has 0 atom stereocenters. The number of amides is 1. The summed E-state index contributed by atoms with van der Waals surface area (Å²) in [5.74, 6) is -1.50. The number of fused-ring (bicyclic) bond motifs is 1. The molecule has 0 saturated heterocycles. The van der Waals surface area contributed by atoms with Gasteiger partial charge >= 0.3 is 5.97 Å². The van der Waals surface area contributed by atoms with Gasteiger partial charge in [-0.25, -0.2) is 0 Å². The number of nitrogens with zero attached hydrogens (tertiary/aromatic N) is 2. The summed E-state index contributed by atoms with van der Waals surface area (Å²) in [5.41, 5.74) is 1.01. The van der Waals surface area contributed by atoms with Crippen molar-refractivity contribution in [3.05, 3.63) is 63.9 Å². The van der Waals surface area contributed by atoms with Crippen LogP contribution in [0.1, 0.15) is 10.4 Å². The zero-order valence-electron chi connectivity index (χ0n) is 11.8. The van der Waals surface area contributed by atoms with Crippen LogP contribution in [0.25, 0.3) is 10.2 Å².